The van der Waals surface area contributed by atoms with Gasteiger partial charge in [-0.15, -0.1) is 0 Å². The summed E-state index contributed by atoms with van der Waals surface area (Å²) in [7, 11) is 0. The lowest BCUT2D eigenvalue weighted by Gasteiger charge is -2.33. The Hall–Kier alpha value is -4.29. The van der Waals surface area contributed by atoms with Crippen LogP contribution in [0.4, 0.5) is 39.5 Å². The fourth-order valence-electron chi connectivity index (χ4n) is 4.80. The molecule has 0 N–H and O–H groups in total. The molecule has 0 aromatic heterocycles. The van der Waals surface area contributed by atoms with Crippen LogP contribution in [0, 0.1) is 23.4 Å². The van der Waals surface area contributed by atoms with E-state index in [9.17, 15) is 39.5 Å². The normalized spacial score (nSPS) is 17.0. The van der Waals surface area contributed by atoms with Crippen LogP contribution in [0.2, 0.25) is 0 Å². The predicted octanol–water partition coefficient (Wildman–Crippen LogP) is 9.86. The van der Waals surface area contributed by atoms with Crippen LogP contribution in [0.1, 0.15) is 42.7 Å². The highest BCUT2D eigenvalue weighted by Gasteiger charge is 2.44. The molecule has 0 saturated heterocycles. The maximum atomic E-state index is 14.9. The van der Waals surface area contributed by atoms with E-state index in [1.54, 1.807) is 0 Å². The van der Waals surface area contributed by atoms with E-state index in [1.807, 2.05) is 0 Å². The SMILES string of the molecule is C=CCOc1ccc(C(F)(F)Oc2ccc(C3CCC(C(F)(F)Oc4cc(F)c(OC=C(F)F)c(F)c4)CC3)cc2)c(F)c1. The van der Waals surface area contributed by atoms with E-state index in [1.165, 1.54) is 36.4 Å². The van der Waals surface area contributed by atoms with E-state index in [0.29, 0.717) is 17.7 Å². The number of benzene rings is 3. The van der Waals surface area contributed by atoms with Crippen LogP contribution in [0.25, 0.3) is 0 Å². The van der Waals surface area contributed by atoms with Gasteiger partial charge >= 0.3 is 18.3 Å². The lowest BCUT2D eigenvalue weighted by molar-refractivity contribution is -0.222. The van der Waals surface area contributed by atoms with Gasteiger partial charge in [0, 0.05) is 18.2 Å². The Balaban J connectivity index is 1.34. The number of rotatable bonds is 12. The van der Waals surface area contributed by atoms with Crippen LogP contribution in [-0.4, -0.2) is 12.7 Å². The van der Waals surface area contributed by atoms with Crippen molar-refractivity contribution in [2.75, 3.05) is 6.61 Å². The molecule has 1 fully saturated rings. The van der Waals surface area contributed by atoms with E-state index in [0.717, 1.165) is 12.1 Å². The van der Waals surface area contributed by atoms with Gasteiger partial charge in [0.15, 0.2) is 23.6 Å². The quantitative estimate of drug-likeness (QED) is 0.113. The summed E-state index contributed by atoms with van der Waals surface area (Å²) in [6.07, 6.45) is -8.50. The van der Waals surface area contributed by atoms with Crippen molar-refractivity contribution in [3.05, 3.63) is 108 Å². The lowest BCUT2D eigenvalue weighted by atomic mass is 9.78. The Morgan fingerprint density at radius 1 is 0.773 bits per heavy atom. The Morgan fingerprint density at radius 3 is 1.93 bits per heavy atom. The summed E-state index contributed by atoms with van der Waals surface area (Å²) >= 11 is 0. The number of alkyl halides is 4. The Morgan fingerprint density at radius 2 is 1.36 bits per heavy atom. The highest BCUT2D eigenvalue weighted by atomic mass is 19.3. The molecule has 13 heteroatoms. The van der Waals surface area contributed by atoms with Crippen LogP contribution in [-0.2, 0) is 6.11 Å². The van der Waals surface area contributed by atoms with Gasteiger partial charge in [0.05, 0.1) is 5.92 Å². The van der Waals surface area contributed by atoms with Gasteiger partial charge in [0.1, 0.15) is 35.2 Å². The zero-order valence-electron chi connectivity index (χ0n) is 22.8. The van der Waals surface area contributed by atoms with Gasteiger partial charge < -0.3 is 18.9 Å². The molecule has 236 valence electrons. The molecule has 1 saturated carbocycles. The summed E-state index contributed by atoms with van der Waals surface area (Å²) in [6, 6.07) is 9.18. The minimum atomic E-state index is -4.01. The van der Waals surface area contributed by atoms with Crippen molar-refractivity contribution in [2.24, 2.45) is 5.92 Å². The van der Waals surface area contributed by atoms with Crippen LogP contribution in [0.3, 0.4) is 0 Å². The molecular weight excluding hydrogens is 607 g/mol. The first-order chi connectivity index (χ1) is 20.8. The summed E-state index contributed by atoms with van der Waals surface area (Å²) in [5, 5.41) is 0. The van der Waals surface area contributed by atoms with Crippen molar-refractivity contribution in [3.63, 3.8) is 0 Å². The second-order valence-corrected chi connectivity index (χ2v) is 9.88. The minimum absolute atomic E-state index is 0.0352. The van der Waals surface area contributed by atoms with E-state index in [-0.39, 0.29) is 56.0 Å². The van der Waals surface area contributed by atoms with E-state index in [2.05, 4.69) is 16.1 Å². The third kappa shape index (κ3) is 8.00. The lowest BCUT2D eigenvalue weighted by Crippen LogP contribution is -2.37. The Bertz CT molecular complexity index is 1460. The van der Waals surface area contributed by atoms with Gasteiger partial charge in [-0.1, -0.05) is 24.8 Å². The largest absolute Gasteiger partial charge is 0.489 e. The van der Waals surface area contributed by atoms with Crippen molar-refractivity contribution in [2.45, 2.75) is 43.8 Å². The molecular formula is C31H25F9O4. The van der Waals surface area contributed by atoms with Gasteiger partial charge in [-0.2, -0.15) is 26.3 Å². The molecule has 0 atom stereocenters. The fourth-order valence-corrected chi connectivity index (χ4v) is 4.80. The molecule has 1 aliphatic rings. The van der Waals surface area contributed by atoms with Gasteiger partial charge in [-0.25, -0.2) is 13.2 Å². The van der Waals surface area contributed by atoms with Crippen molar-refractivity contribution in [1.82, 2.24) is 0 Å². The summed E-state index contributed by atoms with van der Waals surface area (Å²) in [5.41, 5.74) is -0.315. The molecule has 0 radical (unpaired) electrons. The van der Waals surface area contributed by atoms with Crippen molar-refractivity contribution in [1.29, 1.82) is 0 Å². The first kappa shape index (κ1) is 32.6. The molecule has 3 aromatic carbocycles. The van der Waals surface area contributed by atoms with Gasteiger partial charge in [-0.3, -0.25) is 0 Å². The molecule has 1 aliphatic carbocycles. The molecule has 0 aliphatic heterocycles. The molecule has 4 nitrogen and oxygen atoms in total. The minimum Gasteiger partial charge on any atom is -0.489 e. The van der Waals surface area contributed by atoms with E-state index in [4.69, 9.17) is 9.47 Å². The number of ether oxygens (including phenoxy) is 4. The third-order valence-electron chi connectivity index (χ3n) is 6.91. The summed E-state index contributed by atoms with van der Waals surface area (Å²) in [5.74, 6) is -8.03. The predicted molar refractivity (Wildman–Crippen MR) is 141 cm³/mol. The third-order valence-corrected chi connectivity index (χ3v) is 6.91. The Kier molecular flexibility index (Phi) is 10.1. The highest BCUT2D eigenvalue weighted by molar-refractivity contribution is 5.36. The van der Waals surface area contributed by atoms with Crippen molar-refractivity contribution < 1.29 is 58.5 Å². The summed E-state index contributed by atoms with van der Waals surface area (Å²) < 4.78 is 144. The van der Waals surface area contributed by atoms with Gasteiger partial charge in [0.2, 0.25) is 0 Å². The maximum absolute atomic E-state index is 14.9. The smallest absolute Gasteiger partial charge is 0.429 e. The van der Waals surface area contributed by atoms with Crippen LogP contribution in [0.5, 0.6) is 23.0 Å². The fraction of sp³-hybridized carbons (Fsp3) is 0.290. The molecule has 44 heavy (non-hydrogen) atoms. The molecule has 0 heterocycles. The zero-order chi connectivity index (χ0) is 32.1. The topological polar surface area (TPSA) is 36.9 Å². The molecule has 3 aromatic rings. The second-order valence-electron chi connectivity index (χ2n) is 9.88. The van der Waals surface area contributed by atoms with E-state index >= 15 is 0 Å². The van der Waals surface area contributed by atoms with Crippen LogP contribution >= 0.6 is 0 Å². The second kappa shape index (κ2) is 13.6. The van der Waals surface area contributed by atoms with Gasteiger partial charge in [-0.05, 0) is 61.4 Å². The summed E-state index contributed by atoms with van der Waals surface area (Å²) in [4.78, 5) is 0. The first-order valence-electron chi connectivity index (χ1n) is 13.2. The molecule has 0 amide bonds. The van der Waals surface area contributed by atoms with Crippen LogP contribution < -0.4 is 18.9 Å². The average Bonchev–Trinajstić information content (AvgIpc) is 2.95. The monoisotopic (exact) mass is 632 g/mol. The zero-order valence-corrected chi connectivity index (χ0v) is 22.8. The number of hydrogen-bond acceptors (Lipinski definition) is 4. The Labute approximate surface area is 246 Å². The molecule has 0 bridgehead atoms. The average molecular weight is 633 g/mol. The van der Waals surface area contributed by atoms with E-state index < -0.39 is 58.7 Å². The number of hydrogen-bond donors (Lipinski definition) is 0. The van der Waals surface area contributed by atoms with Crippen LogP contribution in [0.15, 0.2) is 79.6 Å². The maximum Gasteiger partial charge on any atom is 0.429 e. The highest BCUT2D eigenvalue weighted by Crippen LogP contribution is 2.44. The number of halogens is 9. The first-order valence-corrected chi connectivity index (χ1v) is 13.2. The molecule has 0 spiro atoms. The van der Waals surface area contributed by atoms with Crippen molar-refractivity contribution in [3.8, 4) is 23.0 Å². The molecule has 4 rings (SSSR count). The standard InChI is InChI=1S/C31H25F9O4/c1-2-13-41-22-11-12-24(25(32)14-22)31(39,40)43-21-9-5-19(6-10-21)18-3-7-20(8-4-18)30(37,38)44-23-15-26(33)29(27(34)16-23)42-17-28(35)36/h2,5-6,9-12,14-18,20H,1,3-4,7-8,13H2. The van der Waals surface area contributed by atoms with Crippen molar-refractivity contribution >= 4 is 0 Å². The van der Waals surface area contributed by atoms with Gasteiger partial charge in [0.25, 0.3) is 0 Å². The molecule has 0 unspecified atom stereocenters. The summed E-state index contributed by atoms with van der Waals surface area (Å²) in [6.45, 7) is 3.51.